The van der Waals surface area contributed by atoms with Gasteiger partial charge in [0.2, 0.25) is 5.91 Å². The van der Waals surface area contributed by atoms with Crippen LogP contribution in [-0.2, 0) is 4.79 Å². The first kappa shape index (κ1) is 28.4. The molecule has 2 amide bonds. The predicted molar refractivity (Wildman–Crippen MR) is 142 cm³/mol. The Hall–Kier alpha value is -3.14. The van der Waals surface area contributed by atoms with Crippen molar-refractivity contribution in [2.75, 3.05) is 26.2 Å². The van der Waals surface area contributed by atoms with E-state index in [1.54, 1.807) is 48.5 Å². The largest absolute Gasteiger partial charge is 0.492 e. The molecule has 10 heteroatoms. The van der Waals surface area contributed by atoms with E-state index < -0.39 is 35.6 Å². The second kappa shape index (κ2) is 11.4. The quantitative estimate of drug-likeness (QED) is 0.441. The number of carbonyl (C=O) groups is 2. The molecule has 1 aliphatic carbocycles. The van der Waals surface area contributed by atoms with Gasteiger partial charge in [0.1, 0.15) is 24.6 Å². The van der Waals surface area contributed by atoms with Crippen LogP contribution in [0.4, 0.5) is 17.6 Å². The molecule has 1 saturated carbocycles. The van der Waals surface area contributed by atoms with Crippen LogP contribution in [0.2, 0.25) is 0 Å². The number of piperidine rings is 1. The fourth-order valence-electron chi connectivity index (χ4n) is 6.26. The minimum absolute atomic E-state index is 0.0328. The summed E-state index contributed by atoms with van der Waals surface area (Å²) < 4.78 is 61.4. The van der Waals surface area contributed by atoms with Gasteiger partial charge >= 0.3 is 6.18 Å². The number of primary amides is 1. The number of benzene rings is 2. The highest BCUT2D eigenvalue weighted by atomic mass is 19.4. The number of halogens is 4. The Labute approximate surface area is 231 Å². The lowest BCUT2D eigenvalue weighted by molar-refractivity contribution is -0.258. The van der Waals surface area contributed by atoms with Gasteiger partial charge in [0.05, 0.1) is 12.0 Å². The number of nitrogens with zero attached hydrogens (tertiary/aromatic N) is 2. The van der Waals surface area contributed by atoms with Crippen LogP contribution >= 0.6 is 0 Å². The van der Waals surface area contributed by atoms with Crippen molar-refractivity contribution < 1.29 is 31.9 Å². The molecule has 3 aliphatic rings. The molecule has 5 rings (SSSR count). The molecule has 216 valence electrons. The maximum absolute atomic E-state index is 14.0. The number of alkyl halides is 4. The van der Waals surface area contributed by atoms with Crippen LogP contribution < -0.4 is 10.5 Å². The summed E-state index contributed by atoms with van der Waals surface area (Å²) in [6, 6.07) is 13.0. The van der Waals surface area contributed by atoms with Gasteiger partial charge in [-0.15, -0.1) is 0 Å². The van der Waals surface area contributed by atoms with E-state index in [0.29, 0.717) is 36.4 Å². The van der Waals surface area contributed by atoms with Crippen LogP contribution in [-0.4, -0.2) is 72.3 Å². The first-order chi connectivity index (χ1) is 19.1. The standard InChI is InChI=1S/C30H35F4N3O3/c31-21-16-26(27(35)38)37(17-21)28(39)25-8-2-1-7-24(25)20-9-11-23(12-10-20)40-18-22-6-3-4-15-36(22)19-29(13-5-14-29)30(32,33)34/h1-2,7-12,21-22,26H,3-6,13-19H2,(H2,35,38)/t21-,22?,26-/m0/s1. The fraction of sp³-hybridized carbons (Fsp3) is 0.533. The SMILES string of the molecule is NC(=O)[C@@H]1C[C@H](F)CN1C(=O)c1ccccc1-c1ccc(OCC2CCCCN2CC2(C(F)(F)F)CCC2)cc1. The van der Waals surface area contributed by atoms with Crippen LogP contribution in [0.1, 0.15) is 55.3 Å². The highest BCUT2D eigenvalue weighted by Crippen LogP contribution is 2.53. The normalized spacial score (nSPS) is 24.9. The molecule has 2 N–H and O–H groups in total. The van der Waals surface area contributed by atoms with Gasteiger partial charge < -0.3 is 15.4 Å². The van der Waals surface area contributed by atoms with Crippen molar-refractivity contribution in [3.63, 3.8) is 0 Å². The minimum Gasteiger partial charge on any atom is -0.492 e. The molecule has 1 unspecified atom stereocenters. The molecule has 2 aromatic rings. The number of rotatable bonds is 8. The molecule has 0 aromatic heterocycles. The third-order valence-corrected chi connectivity index (χ3v) is 8.77. The van der Waals surface area contributed by atoms with E-state index in [2.05, 4.69) is 0 Å². The molecule has 3 atom stereocenters. The summed E-state index contributed by atoms with van der Waals surface area (Å²) in [4.78, 5) is 28.3. The van der Waals surface area contributed by atoms with Crippen molar-refractivity contribution in [3.05, 3.63) is 54.1 Å². The summed E-state index contributed by atoms with van der Waals surface area (Å²) in [6.45, 7) is 0.795. The number of carbonyl (C=O) groups excluding carboxylic acids is 2. The van der Waals surface area contributed by atoms with Crippen LogP contribution in [0.25, 0.3) is 11.1 Å². The van der Waals surface area contributed by atoms with Gasteiger partial charge in [0.25, 0.3) is 5.91 Å². The fourth-order valence-corrected chi connectivity index (χ4v) is 6.26. The number of ether oxygens (including phenoxy) is 1. The lowest BCUT2D eigenvalue weighted by atomic mass is 9.67. The summed E-state index contributed by atoms with van der Waals surface area (Å²) in [5, 5.41) is 0. The number of amides is 2. The number of hydrogen-bond donors (Lipinski definition) is 1. The molecule has 3 fully saturated rings. The van der Waals surface area contributed by atoms with E-state index in [4.69, 9.17) is 10.5 Å². The average Bonchev–Trinajstić information content (AvgIpc) is 3.31. The Morgan fingerprint density at radius 3 is 2.40 bits per heavy atom. The second-order valence-electron chi connectivity index (χ2n) is 11.3. The van der Waals surface area contributed by atoms with Gasteiger partial charge in [-0.05, 0) is 61.6 Å². The van der Waals surface area contributed by atoms with Crippen molar-refractivity contribution in [1.82, 2.24) is 9.80 Å². The number of hydrogen-bond acceptors (Lipinski definition) is 4. The molecular formula is C30H35F4N3O3. The van der Waals surface area contributed by atoms with Crippen LogP contribution in [0.5, 0.6) is 5.75 Å². The van der Waals surface area contributed by atoms with Gasteiger partial charge in [-0.25, -0.2) is 4.39 Å². The molecule has 40 heavy (non-hydrogen) atoms. The van der Waals surface area contributed by atoms with Gasteiger partial charge in [-0.3, -0.25) is 14.5 Å². The zero-order valence-electron chi connectivity index (χ0n) is 22.3. The number of likely N-dealkylation sites (tertiary alicyclic amines) is 2. The molecule has 2 aliphatic heterocycles. The number of nitrogens with two attached hydrogens (primary N) is 1. The smallest absolute Gasteiger partial charge is 0.395 e. The zero-order chi connectivity index (χ0) is 28.5. The van der Waals surface area contributed by atoms with Crippen molar-refractivity contribution in [2.24, 2.45) is 11.1 Å². The molecule has 0 bridgehead atoms. The van der Waals surface area contributed by atoms with Crippen LogP contribution in [0.3, 0.4) is 0 Å². The van der Waals surface area contributed by atoms with E-state index in [-0.39, 0.29) is 38.4 Å². The maximum atomic E-state index is 14.0. The highest BCUT2D eigenvalue weighted by molar-refractivity contribution is 6.03. The van der Waals surface area contributed by atoms with Crippen molar-refractivity contribution in [3.8, 4) is 16.9 Å². The molecule has 0 radical (unpaired) electrons. The second-order valence-corrected chi connectivity index (χ2v) is 11.3. The highest BCUT2D eigenvalue weighted by Gasteiger charge is 2.59. The lowest BCUT2D eigenvalue weighted by Gasteiger charge is -2.48. The molecule has 2 saturated heterocycles. The van der Waals surface area contributed by atoms with Crippen molar-refractivity contribution in [2.45, 2.75) is 69.4 Å². The average molecular weight is 562 g/mol. The van der Waals surface area contributed by atoms with Crippen molar-refractivity contribution >= 4 is 11.8 Å². The summed E-state index contributed by atoms with van der Waals surface area (Å²) in [6.07, 6.45) is -1.94. The zero-order valence-corrected chi connectivity index (χ0v) is 22.3. The molecule has 2 aromatic carbocycles. The van der Waals surface area contributed by atoms with Gasteiger partial charge in [0, 0.05) is 24.6 Å². The summed E-state index contributed by atoms with van der Waals surface area (Å²) in [5.41, 5.74) is 5.52. The first-order valence-corrected chi connectivity index (χ1v) is 14.0. The molecule has 6 nitrogen and oxygen atoms in total. The third kappa shape index (κ3) is 5.68. The van der Waals surface area contributed by atoms with Crippen LogP contribution in [0, 0.1) is 5.41 Å². The van der Waals surface area contributed by atoms with Gasteiger partial charge in [-0.1, -0.05) is 43.2 Å². The summed E-state index contributed by atoms with van der Waals surface area (Å²) in [5.74, 6) is -0.605. The van der Waals surface area contributed by atoms with Gasteiger partial charge in [-0.2, -0.15) is 13.2 Å². The summed E-state index contributed by atoms with van der Waals surface area (Å²) >= 11 is 0. The van der Waals surface area contributed by atoms with Crippen LogP contribution in [0.15, 0.2) is 48.5 Å². The Bertz CT molecular complexity index is 1220. The van der Waals surface area contributed by atoms with E-state index in [0.717, 1.165) is 24.8 Å². The van der Waals surface area contributed by atoms with E-state index in [1.807, 2.05) is 4.90 Å². The van der Waals surface area contributed by atoms with Crippen molar-refractivity contribution in [1.29, 1.82) is 0 Å². The van der Waals surface area contributed by atoms with E-state index in [9.17, 15) is 27.2 Å². The maximum Gasteiger partial charge on any atom is 0.395 e. The Morgan fingerprint density at radius 1 is 1.02 bits per heavy atom. The summed E-state index contributed by atoms with van der Waals surface area (Å²) in [7, 11) is 0. The first-order valence-electron chi connectivity index (χ1n) is 14.0. The Morgan fingerprint density at radius 2 is 1.75 bits per heavy atom. The van der Waals surface area contributed by atoms with Gasteiger partial charge in [0.15, 0.2) is 0 Å². The third-order valence-electron chi connectivity index (χ3n) is 8.77. The minimum atomic E-state index is -4.19. The predicted octanol–water partition coefficient (Wildman–Crippen LogP) is 5.36. The Kier molecular flexibility index (Phi) is 8.08. The topological polar surface area (TPSA) is 75.9 Å². The Balaban J connectivity index is 1.26. The lowest BCUT2D eigenvalue weighted by Crippen LogP contribution is -2.56. The molecule has 2 heterocycles. The van der Waals surface area contributed by atoms with E-state index in [1.165, 1.54) is 4.90 Å². The molecular weight excluding hydrogens is 526 g/mol. The monoisotopic (exact) mass is 561 g/mol. The van der Waals surface area contributed by atoms with E-state index >= 15 is 0 Å². The molecule has 0 spiro atoms.